The van der Waals surface area contributed by atoms with Crippen molar-refractivity contribution in [3.63, 3.8) is 0 Å². The van der Waals surface area contributed by atoms with Crippen molar-refractivity contribution in [3.05, 3.63) is 70.5 Å². The van der Waals surface area contributed by atoms with E-state index in [1.165, 1.54) is 12.1 Å². The lowest BCUT2D eigenvalue weighted by Gasteiger charge is -2.13. The van der Waals surface area contributed by atoms with Gasteiger partial charge in [0.25, 0.3) is 0 Å². The van der Waals surface area contributed by atoms with E-state index < -0.39 is 5.82 Å². The highest BCUT2D eigenvalue weighted by atomic mass is 35.5. The fourth-order valence-corrected chi connectivity index (χ4v) is 2.32. The molecule has 2 nitrogen and oxygen atoms in total. The van der Waals surface area contributed by atoms with Gasteiger partial charge in [-0.1, -0.05) is 54.9 Å². The van der Waals surface area contributed by atoms with Gasteiger partial charge in [0.1, 0.15) is 5.82 Å². The van der Waals surface area contributed by atoms with Crippen LogP contribution in [0.4, 0.5) is 4.39 Å². The van der Waals surface area contributed by atoms with Gasteiger partial charge in [-0.2, -0.15) is 0 Å². The van der Waals surface area contributed by atoms with E-state index in [1.807, 2.05) is 37.3 Å². The van der Waals surface area contributed by atoms with Gasteiger partial charge in [-0.3, -0.25) is 4.79 Å². The van der Waals surface area contributed by atoms with Gasteiger partial charge in [-0.15, -0.1) is 0 Å². The summed E-state index contributed by atoms with van der Waals surface area (Å²) in [6.07, 6.45) is -0.0486. The number of carbonyl (C=O) groups excluding carboxylic acids is 1. The summed E-state index contributed by atoms with van der Waals surface area (Å²) >= 11 is 5.91. The first-order chi connectivity index (χ1) is 10.1. The maximum absolute atomic E-state index is 13.6. The molecule has 0 aliphatic carbocycles. The maximum atomic E-state index is 13.6. The van der Waals surface area contributed by atoms with Crippen LogP contribution in [0.5, 0.6) is 0 Å². The second kappa shape index (κ2) is 7.23. The number of hydrogen-bond acceptors (Lipinski definition) is 1. The van der Waals surface area contributed by atoms with Gasteiger partial charge in [0, 0.05) is 17.1 Å². The smallest absolute Gasteiger partial charge is 0.224 e. The van der Waals surface area contributed by atoms with E-state index in [2.05, 4.69) is 5.32 Å². The van der Waals surface area contributed by atoms with Crippen LogP contribution in [-0.2, 0) is 11.2 Å². The van der Waals surface area contributed by atoms with Gasteiger partial charge < -0.3 is 5.32 Å². The standard InChI is InChI=1S/C17H17ClFNO/c1-12(13-6-3-2-4-7-13)11-20-17(21)10-14-15(18)8-5-9-16(14)19/h2-9,12H,10-11H2,1H3,(H,20,21). The van der Waals surface area contributed by atoms with Crippen LogP contribution in [-0.4, -0.2) is 12.5 Å². The summed E-state index contributed by atoms with van der Waals surface area (Å²) in [5.74, 6) is -0.482. The van der Waals surface area contributed by atoms with Crippen molar-refractivity contribution in [2.45, 2.75) is 19.3 Å². The summed E-state index contributed by atoms with van der Waals surface area (Å²) in [6.45, 7) is 2.54. The van der Waals surface area contributed by atoms with E-state index in [9.17, 15) is 9.18 Å². The van der Waals surface area contributed by atoms with E-state index in [4.69, 9.17) is 11.6 Å². The minimum Gasteiger partial charge on any atom is -0.355 e. The van der Waals surface area contributed by atoms with Crippen LogP contribution in [0, 0.1) is 5.82 Å². The molecule has 0 fully saturated rings. The monoisotopic (exact) mass is 305 g/mol. The fraction of sp³-hybridized carbons (Fsp3) is 0.235. The lowest BCUT2D eigenvalue weighted by Crippen LogP contribution is -2.29. The number of carbonyl (C=O) groups is 1. The van der Waals surface area contributed by atoms with Crippen LogP contribution in [0.15, 0.2) is 48.5 Å². The molecule has 21 heavy (non-hydrogen) atoms. The molecule has 1 N–H and O–H groups in total. The third-order valence-corrected chi connectivity index (χ3v) is 3.73. The molecule has 0 aromatic heterocycles. The van der Waals surface area contributed by atoms with E-state index in [1.54, 1.807) is 6.07 Å². The lowest BCUT2D eigenvalue weighted by molar-refractivity contribution is -0.120. The van der Waals surface area contributed by atoms with Crippen LogP contribution in [0.3, 0.4) is 0 Å². The molecule has 0 aliphatic rings. The Hall–Kier alpha value is -1.87. The molecule has 4 heteroatoms. The summed E-state index contributed by atoms with van der Waals surface area (Å²) < 4.78 is 13.6. The van der Waals surface area contributed by atoms with Gasteiger partial charge in [-0.25, -0.2) is 4.39 Å². The molecule has 0 heterocycles. The molecule has 1 unspecified atom stereocenters. The Labute approximate surface area is 128 Å². The Morgan fingerprint density at radius 2 is 1.90 bits per heavy atom. The Morgan fingerprint density at radius 1 is 1.19 bits per heavy atom. The minimum absolute atomic E-state index is 0.0486. The molecule has 110 valence electrons. The number of benzene rings is 2. The van der Waals surface area contributed by atoms with Gasteiger partial charge in [0.2, 0.25) is 5.91 Å². The van der Waals surface area contributed by atoms with Crippen molar-refractivity contribution in [3.8, 4) is 0 Å². The Kier molecular flexibility index (Phi) is 5.34. The first-order valence-corrected chi connectivity index (χ1v) is 7.20. The molecule has 2 aromatic carbocycles. The van der Waals surface area contributed by atoms with Gasteiger partial charge in [0.15, 0.2) is 0 Å². The molecule has 0 radical (unpaired) electrons. The van der Waals surface area contributed by atoms with Crippen LogP contribution in [0.1, 0.15) is 24.0 Å². The highest BCUT2D eigenvalue weighted by molar-refractivity contribution is 6.31. The van der Waals surface area contributed by atoms with E-state index in [0.717, 1.165) is 5.56 Å². The number of rotatable bonds is 5. The number of hydrogen-bond donors (Lipinski definition) is 1. The van der Waals surface area contributed by atoms with Crippen LogP contribution >= 0.6 is 11.6 Å². The number of halogens is 2. The Bertz CT molecular complexity index is 595. The zero-order chi connectivity index (χ0) is 15.2. The summed E-state index contributed by atoms with van der Waals surface area (Å²) in [7, 11) is 0. The molecule has 2 aromatic rings. The minimum atomic E-state index is -0.450. The zero-order valence-corrected chi connectivity index (χ0v) is 12.5. The topological polar surface area (TPSA) is 29.1 Å². The summed E-state index contributed by atoms with van der Waals surface area (Å²) in [5.41, 5.74) is 1.39. The Balaban J connectivity index is 1.91. The first kappa shape index (κ1) is 15.5. The molecule has 1 amide bonds. The predicted octanol–water partition coefficient (Wildman–Crippen LogP) is 3.94. The van der Waals surface area contributed by atoms with E-state index >= 15 is 0 Å². The Morgan fingerprint density at radius 3 is 2.57 bits per heavy atom. The normalized spacial score (nSPS) is 12.0. The molecule has 0 aliphatic heterocycles. The maximum Gasteiger partial charge on any atom is 0.224 e. The molecule has 1 atom stereocenters. The van der Waals surface area contributed by atoms with Crippen LogP contribution < -0.4 is 5.32 Å². The molecule has 2 rings (SSSR count). The summed E-state index contributed by atoms with van der Waals surface area (Å²) in [5, 5.41) is 3.10. The average molecular weight is 306 g/mol. The molecule has 0 bridgehead atoms. The lowest BCUT2D eigenvalue weighted by atomic mass is 10.0. The molecular formula is C17H17ClFNO. The van der Waals surface area contributed by atoms with E-state index in [-0.39, 0.29) is 28.8 Å². The van der Waals surface area contributed by atoms with Crippen molar-refractivity contribution in [2.75, 3.05) is 6.54 Å². The van der Waals surface area contributed by atoms with Gasteiger partial charge >= 0.3 is 0 Å². The summed E-state index contributed by atoms with van der Waals surface area (Å²) in [6, 6.07) is 14.3. The summed E-state index contributed by atoms with van der Waals surface area (Å²) in [4.78, 5) is 11.9. The molecule has 0 saturated heterocycles. The molecular weight excluding hydrogens is 289 g/mol. The van der Waals surface area contributed by atoms with Crippen molar-refractivity contribution < 1.29 is 9.18 Å². The number of nitrogens with one attached hydrogen (secondary N) is 1. The van der Waals surface area contributed by atoms with Crippen molar-refractivity contribution in [2.24, 2.45) is 0 Å². The van der Waals surface area contributed by atoms with Crippen molar-refractivity contribution in [1.29, 1.82) is 0 Å². The highest BCUT2D eigenvalue weighted by Gasteiger charge is 2.13. The van der Waals surface area contributed by atoms with Crippen molar-refractivity contribution >= 4 is 17.5 Å². The second-order valence-electron chi connectivity index (χ2n) is 4.99. The van der Waals surface area contributed by atoms with Gasteiger partial charge in [0.05, 0.1) is 6.42 Å². The first-order valence-electron chi connectivity index (χ1n) is 6.82. The average Bonchev–Trinajstić information content (AvgIpc) is 2.49. The second-order valence-corrected chi connectivity index (χ2v) is 5.40. The molecule has 0 saturated carbocycles. The third-order valence-electron chi connectivity index (χ3n) is 3.37. The van der Waals surface area contributed by atoms with Crippen LogP contribution in [0.25, 0.3) is 0 Å². The fourth-order valence-electron chi connectivity index (χ4n) is 2.09. The van der Waals surface area contributed by atoms with Gasteiger partial charge in [-0.05, 0) is 23.6 Å². The molecule has 0 spiro atoms. The third kappa shape index (κ3) is 4.30. The zero-order valence-electron chi connectivity index (χ0n) is 11.8. The quantitative estimate of drug-likeness (QED) is 0.890. The number of amides is 1. The van der Waals surface area contributed by atoms with Crippen LogP contribution in [0.2, 0.25) is 5.02 Å². The predicted molar refractivity (Wildman–Crippen MR) is 83.0 cm³/mol. The van der Waals surface area contributed by atoms with Crippen molar-refractivity contribution in [1.82, 2.24) is 5.32 Å². The highest BCUT2D eigenvalue weighted by Crippen LogP contribution is 2.19. The SMILES string of the molecule is CC(CNC(=O)Cc1c(F)cccc1Cl)c1ccccc1. The van der Waals surface area contributed by atoms with E-state index in [0.29, 0.717) is 6.54 Å². The largest absolute Gasteiger partial charge is 0.355 e.